The normalized spacial score (nSPS) is 25.5. The standard InChI is InChI=1S/C14H22N4OS2/c1-15-13-16-17-14(21-13)20-9-12(19)18-8-4-6-10-5-2-3-7-11(10)18/h10-11H,2-9H2,1H3,(H,15,16)/t10-,11+/m0/s1. The third-order valence-electron chi connectivity index (χ3n) is 4.50. The predicted molar refractivity (Wildman–Crippen MR) is 86.9 cm³/mol. The number of nitrogens with zero attached hydrogens (tertiary/aromatic N) is 3. The lowest BCUT2D eigenvalue weighted by Crippen LogP contribution is -2.50. The Morgan fingerprint density at radius 2 is 2.14 bits per heavy atom. The molecule has 1 aliphatic carbocycles. The SMILES string of the molecule is CNc1nnc(SCC(=O)N2CCC[C@@H]3CCCC[C@H]32)s1. The summed E-state index contributed by atoms with van der Waals surface area (Å²) in [6.45, 7) is 0.943. The average molecular weight is 326 g/mol. The fourth-order valence-corrected chi connectivity index (χ4v) is 5.10. The molecule has 2 aliphatic rings. The average Bonchev–Trinajstić information content (AvgIpc) is 3.00. The van der Waals surface area contributed by atoms with Gasteiger partial charge in [0, 0.05) is 19.6 Å². The number of carbonyl (C=O) groups is 1. The van der Waals surface area contributed by atoms with Crippen LogP contribution in [0.1, 0.15) is 38.5 Å². The van der Waals surface area contributed by atoms with Gasteiger partial charge in [0.2, 0.25) is 11.0 Å². The molecule has 0 unspecified atom stereocenters. The number of carbonyl (C=O) groups excluding carboxylic acids is 1. The minimum Gasteiger partial charge on any atom is -0.363 e. The van der Waals surface area contributed by atoms with Gasteiger partial charge in [-0.15, -0.1) is 10.2 Å². The molecule has 2 atom stereocenters. The Hall–Kier alpha value is -0.820. The molecule has 21 heavy (non-hydrogen) atoms. The van der Waals surface area contributed by atoms with Crippen molar-refractivity contribution in [3.8, 4) is 0 Å². The van der Waals surface area contributed by atoms with Gasteiger partial charge in [-0.05, 0) is 31.6 Å². The highest BCUT2D eigenvalue weighted by atomic mass is 32.2. The molecule has 2 fully saturated rings. The zero-order valence-corrected chi connectivity index (χ0v) is 14.0. The van der Waals surface area contributed by atoms with E-state index in [-0.39, 0.29) is 5.91 Å². The van der Waals surface area contributed by atoms with E-state index in [1.807, 2.05) is 7.05 Å². The number of likely N-dealkylation sites (tertiary alicyclic amines) is 1. The Labute approximate surface area is 133 Å². The van der Waals surface area contributed by atoms with Crippen molar-refractivity contribution < 1.29 is 4.79 Å². The van der Waals surface area contributed by atoms with Crippen LogP contribution in [-0.4, -0.2) is 46.4 Å². The first-order valence-electron chi connectivity index (χ1n) is 7.71. The minimum atomic E-state index is 0.276. The number of anilines is 1. The largest absolute Gasteiger partial charge is 0.363 e. The summed E-state index contributed by atoms with van der Waals surface area (Å²) in [6, 6.07) is 0.503. The van der Waals surface area contributed by atoms with Crippen molar-refractivity contribution in [2.45, 2.75) is 48.9 Å². The highest BCUT2D eigenvalue weighted by Gasteiger charge is 2.35. The molecular formula is C14H22N4OS2. The highest BCUT2D eigenvalue weighted by molar-refractivity contribution is 8.01. The summed E-state index contributed by atoms with van der Waals surface area (Å²) in [6.07, 6.45) is 7.60. The molecule has 1 aromatic heterocycles. The summed E-state index contributed by atoms with van der Waals surface area (Å²) < 4.78 is 0.866. The third-order valence-corrected chi connectivity index (χ3v) is 6.56. The van der Waals surface area contributed by atoms with Crippen molar-refractivity contribution in [1.29, 1.82) is 0 Å². The van der Waals surface area contributed by atoms with E-state index in [0.29, 0.717) is 11.8 Å². The predicted octanol–water partition coefficient (Wildman–Crippen LogP) is 2.85. The molecule has 1 N–H and O–H groups in total. The van der Waals surface area contributed by atoms with E-state index < -0.39 is 0 Å². The first-order valence-corrected chi connectivity index (χ1v) is 9.51. The van der Waals surface area contributed by atoms with Crippen molar-refractivity contribution >= 4 is 34.1 Å². The number of thioether (sulfide) groups is 1. The fraction of sp³-hybridized carbons (Fsp3) is 0.786. The topological polar surface area (TPSA) is 58.1 Å². The molecule has 2 heterocycles. The zero-order valence-electron chi connectivity index (χ0n) is 12.4. The molecule has 7 heteroatoms. The second-order valence-corrected chi connectivity index (χ2v) is 7.95. The first kappa shape index (κ1) is 15.1. The zero-order chi connectivity index (χ0) is 14.7. The second-order valence-electron chi connectivity index (χ2n) is 5.75. The Morgan fingerprint density at radius 3 is 2.95 bits per heavy atom. The highest BCUT2D eigenvalue weighted by Crippen LogP contribution is 2.36. The van der Waals surface area contributed by atoms with Gasteiger partial charge in [0.15, 0.2) is 4.34 Å². The number of fused-ring (bicyclic) bond motifs is 1. The fourth-order valence-electron chi connectivity index (χ4n) is 3.51. The monoisotopic (exact) mass is 326 g/mol. The van der Waals surface area contributed by atoms with Crippen molar-refractivity contribution in [2.75, 3.05) is 24.7 Å². The van der Waals surface area contributed by atoms with Gasteiger partial charge in [-0.3, -0.25) is 4.79 Å². The Kier molecular flexibility index (Phi) is 5.00. The molecule has 1 saturated heterocycles. The number of hydrogen-bond donors (Lipinski definition) is 1. The lowest BCUT2D eigenvalue weighted by atomic mass is 9.78. The maximum atomic E-state index is 12.5. The molecule has 1 saturated carbocycles. The van der Waals surface area contributed by atoms with Crippen LogP contribution in [0.25, 0.3) is 0 Å². The molecular weight excluding hydrogens is 304 g/mol. The summed E-state index contributed by atoms with van der Waals surface area (Å²) in [5.74, 6) is 1.51. The Bertz CT molecular complexity index is 491. The van der Waals surface area contributed by atoms with Gasteiger partial charge in [0.1, 0.15) is 0 Å². The molecule has 5 nitrogen and oxygen atoms in total. The molecule has 1 aliphatic heterocycles. The second kappa shape index (κ2) is 6.96. The van der Waals surface area contributed by atoms with Crippen LogP contribution >= 0.6 is 23.1 Å². The van der Waals surface area contributed by atoms with Crippen LogP contribution in [0.5, 0.6) is 0 Å². The maximum Gasteiger partial charge on any atom is 0.233 e. The van der Waals surface area contributed by atoms with Crippen LogP contribution in [0.15, 0.2) is 4.34 Å². The smallest absolute Gasteiger partial charge is 0.233 e. The van der Waals surface area contributed by atoms with Crippen molar-refractivity contribution in [2.24, 2.45) is 5.92 Å². The van der Waals surface area contributed by atoms with Gasteiger partial charge in [-0.25, -0.2) is 0 Å². The van der Waals surface area contributed by atoms with Crippen molar-refractivity contribution in [3.63, 3.8) is 0 Å². The van der Waals surface area contributed by atoms with Gasteiger partial charge in [0.05, 0.1) is 5.75 Å². The van der Waals surface area contributed by atoms with Gasteiger partial charge < -0.3 is 10.2 Å². The maximum absolute atomic E-state index is 12.5. The van der Waals surface area contributed by atoms with Gasteiger partial charge in [-0.2, -0.15) is 0 Å². The molecule has 0 spiro atoms. The van der Waals surface area contributed by atoms with E-state index in [1.165, 1.54) is 61.6 Å². The van der Waals surface area contributed by atoms with Crippen LogP contribution in [0.4, 0.5) is 5.13 Å². The lowest BCUT2D eigenvalue weighted by molar-refractivity contribution is -0.134. The summed E-state index contributed by atoms with van der Waals surface area (Å²) in [4.78, 5) is 14.7. The van der Waals surface area contributed by atoms with Crippen LogP contribution in [0.2, 0.25) is 0 Å². The van der Waals surface area contributed by atoms with E-state index in [1.54, 1.807) is 0 Å². The van der Waals surface area contributed by atoms with Gasteiger partial charge >= 0.3 is 0 Å². The summed E-state index contributed by atoms with van der Waals surface area (Å²) >= 11 is 3.01. The van der Waals surface area contributed by atoms with Gasteiger partial charge in [-0.1, -0.05) is 35.9 Å². The third kappa shape index (κ3) is 3.51. The van der Waals surface area contributed by atoms with E-state index in [2.05, 4.69) is 20.4 Å². The summed E-state index contributed by atoms with van der Waals surface area (Å²) in [7, 11) is 1.83. The Balaban J connectivity index is 1.56. The van der Waals surface area contributed by atoms with E-state index >= 15 is 0 Å². The minimum absolute atomic E-state index is 0.276. The number of rotatable bonds is 4. The van der Waals surface area contributed by atoms with E-state index in [4.69, 9.17) is 0 Å². The quantitative estimate of drug-likeness (QED) is 0.862. The van der Waals surface area contributed by atoms with Gasteiger partial charge in [0.25, 0.3) is 0 Å². The molecule has 0 radical (unpaired) electrons. The number of hydrogen-bond acceptors (Lipinski definition) is 6. The molecule has 0 bridgehead atoms. The molecule has 1 aromatic rings. The molecule has 1 amide bonds. The molecule has 116 valence electrons. The molecule has 3 rings (SSSR count). The number of aromatic nitrogens is 2. The van der Waals surface area contributed by atoms with Crippen molar-refractivity contribution in [1.82, 2.24) is 15.1 Å². The van der Waals surface area contributed by atoms with E-state index in [0.717, 1.165) is 21.9 Å². The van der Waals surface area contributed by atoms with Crippen LogP contribution in [-0.2, 0) is 4.79 Å². The Morgan fingerprint density at radius 1 is 1.33 bits per heavy atom. The van der Waals surface area contributed by atoms with Crippen LogP contribution in [0, 0.1) is 5.92 Å². The van der Waals surface area contributed by atoms with Crippen LogP contribution < -0.4 is 5.32 Å². The summed E-state index contributed by atoms with van der Waals surface area (Å²) in [5, 5.41) is 11.9. The lowest BCUT2D eigenvalue weighted by Gasteiger charge is -2.44. The van der Waals surface area contributed by atoms with Crippen LogP contribution in [0.3, 0.4) is 0 Å². The number of amides is 1. The van der Waals surface area contributed by atoms with E-state index in [9.17, 15) is 4.79 Å². The van der Waals surface area contributed by atoms with Crippen molar-refractivity contribution in [3.05, 3.63) is 0 Å². The first-order chi connectivity index (χ1) is 10.3. The molecule has 0 aromatic carbocycles. The summed E-state index contributed by atoms with van der Waals surface area (Å²) in [5.41, 5.74) is 0. The number of nitrogens with one attached hydrogen (secondary N) is 1. The number of piperidine rings is 1.